The fraction of sp³-hybridized carbons (Fsp3) is 0.333. The Balaban J connectivity index is 1.50. The Morgan fingerprint density at radius 2 is 2.00 bits per heavy atom. The zero-order valence-electron chi connectivity index (χ0n) is 21.6. The van der Waals surface area contributed by atoms with Gasteiger partial charge in [-0.1, -0.05) is 42.1 Å². The number of pyridine rings is 1. The molecule has 40 heavy (non-hydrogen) atoms. The van der Waals surface area contributed by atoms with Gasteiger partial charge in [0, 0.05) is 29.9 Å². The van der Waals surface area contributed by atoms with Crippen molar-refractivity contribution in [3.8, 4) is 11.4 Å². The van der Waals surface area contributed by atoms with E-state index in [0.29, 0.717) is 18.2 Å². The number of nitrogens with two attached hydrogens (primary N) is 1. The van der Waals surface area contributed by atoms with E-state index in [9.17, 15) is 22.7 Å². The maximum absolute atomic E-state index is 14.7. The van der Waals surface area contributed by atoms with E-state index in [4.69, 9.17) is 17.3 Å². The SMILES string of the molecule is Cc1ccc(S(=O)(=O)n2cc(-c3ncc(F)c(NCCC4(C(N)=O)CCCCC4O)n3)c3cc(Cl)cnc32)cc1. The van der Waals surface area contributed by atoms with Gasteiger partial charge < -0.3 is 16.2 Å². The highest BCUT2D eigenvalue weighted by molar-refractivity contribution is 7.90. The zero-order chi connectivity index (χ0) is 28.7. The summed E-state index contributed by atoms with van der Waals surface area (Å²) in [6.45, 7) is 1.97. The lowest BCUT2D eigenvalue weighted by Crippen LogP contribution is -2.49. The Labute approximate surface area is 235 Å². The molecule has 5 rings (SSSR count). The Hall–Kier alpha value is -3.61. The number of carbonyl (C=O) groups excluding carboxylic acids is 1. The Bertz CT molecular complexity index is 1700. The molecule has 4 N–H and O–H groups in total. The van der Waals surface area contributed by atoms with Gasteiger partial charge in [0.05, 0.1) is 27.6 Å². The number of fused-ring (bicyclic) bond motifs is 1. The lowest BCUT2D eigenvalue weighted by atomic mass is 9.69. The number of benzene rings is 1. The maximum atomic E-state index is 14.7. The summed E-state index contributed by atoms with van der Waals surface area (Å²) in [5.41, 5.74) is 5.85. The molecule has 1 fully saturated rings. The normalized spacial score (nSPS) is 19.6. The van der Waals surface area contributed by atoms with Crippen LogP contribution in [0.5, 0.6) is 0 Å². The summed E-state index contributed by atoms with van der Waals surface area (Å²) in [7, 11) is -4.05. The number of rotatable bonds is 8. The lowest BCUT2D eigenvalue weighted by Gasteiger charge is -2.38. The Morgan fingerprint density at radius 1 is 1.25 bits per heavy atom. The van der Waals surface area contributed by atoms with Crippen LogP contribution >= 0.6 is 11.6 Å². The zero-order valence-corrected chi connectivity index (χ0v) is 23.2. The Morgan fingerprint density at radius 3 is 2.70 bits per heavy atom. The maximum Gasteiger partial charge on any atom is 0.269 e. The summed E-state index contributed by atoms with van der Waals surface area (Å²) in [5, 5.41) is 14.0. The molecule has 1 aliphatic rings. The average molecular weight is 587 g/mol. The van der Waals surface area contributed by atoms with Crippen LogP contribution in [-0.4, -0.2) is 51.0 Å². The van der Waals surface area contributed by atoms with E-state index in [0.717, 1.165) is 28.6 Å². The number of primary amides is 1. The molecule has 1 aromatic carbocycles. The molecule has 2 atom stereocenters. The van der Waals surface area contributed by atoms with E-state index in [2.05, 4.69) is 20.3 Å². The summed E-state index contributed by atoms with van der Waals surface area (Å²) in [4.78, 5) is 25.0. The largest absolute Gasteiger partial charge is 0.392 e. The minimum atomic E-state index is -4.05. The molecule has 210 valence electrons. The van der Waals surface area contributed by atoms with Gasteiger partial charge in [0.1, 0.15) is 0 Å². The molecule has 10 nitrogen and oxygen atoms in total. The third kappa shape index (κ3) is 5.02. The van der Waals surface area contributed by atoms with Gasteiger partial charge in [0.15, 0.2) is 23.1 Å². The first kappa shape index (κ1) is 27.9. The van der Waals surface area contributed by atoms with Crippen molar-refractivity contribution in [1.29, 1.82) is 0 Å². The molecular weight excluding hydrogens is 559 g/mol. The molecule has 3 aromatic heterocycles. The fourth-order valence-corrected chi connectivity index (χ4v) is 6.67. The number of hydrogen-bond acceptors (Lipinski definition) is 8. The van der Waals surface area contributed by atoms with Crippen molar-refractivity contribution in [2.24, 2.45) is 11.1 Å². The van der Waals surface area contributed by atoms with Gasteiger partial charge >= 0.3 is 0 Å². The molecule has 1 aliphatic carbocycles. The number of aliphatic hydroxyl groups excluding tert-OH is 1. The number of halogens is 2. The third-order valence-electron chi connectivity index (χ3n) is 7.48. The van der Waals surface area contributed by atoms with Crippen molar-refractivity contribution >= 4 is 44.4 Å². The summed E-state index contributed by atoms with van der Waals surface area (Å²) in [6, 6.07) is 7.94. The van der Waals surface area contributed by atoms with Crippen molar-refractivity contribution in [3.05, 3.63) is 65.3 Å². The van der Waals surface area contributed by atoms with E-state index in [-0.39, 0.29) is 45.7 Å². The summed E-state index contributed by atoms with van der Waals surface area (Å²) in [6.07, 6.45) is 5.45. The third-order valence-corrected chi connectivity index (χ3v) is 9.35. The summed E-state index contributed by atoms with van der Waals surface area (Å²) in [5.74, 6) is -1.43. The van der Waals surface area contributed by atoms with Crippen LogP contribution < -0.4 is 11.1 Å². The molecule has 13 heteroatoms. The molecule has 2 unspecified atom stereocenters. The lowest BCUT2D eigenvalue weighted by molar-refractivity contribution is -0.138. The minimum absolute atomic E-state index is 0.0399. The number of hydrogen-bond donors (Lipinski definition) is 3. The fourth-order valence-electron chi connectivity index (χ4n) is 5.19. The Kier molecular flexibility index (Phi) is 7.51. The topological polar surface area (TPSA) is 153 Å². The monoisotopic (exact) mass is 586 g/mol. The first-order valence-electron chi connectivity index (χ1n) is 12.8. The number of anilines is 1. The molecule has 0 bridgehead atoms. The molecule has 1 saturated carbocycles. The predicted molar refractivity (Wildman–Crippen MR) is 149 cm³/mol. The minimum Gasteiger partial charge on any atom is -0.392 e. The van der Waals surface area contributed by atoms with Crippen LogP contribution in [0.4, 0.5) is 10.2 Å². The van der Waals surface area contributed by atoms with Crippen LogP contribution in [0.1, 0.15) is 37.7 Å². The number of aryl methyl sites for hydroxylation is 1. The first-order valence-corrected chi connectivity index (χ1v) is 14.6. The van der Waals surface area contributed by atoms with Crippen molar-refractivity contribution in [3.63, 3.8) is 0 Å². The highest BCUT2D eigenvalue weighted by Gasteiger charge is 2.44. The van der Waals surface area contributed by atoms with Crippen molar-refractivity contribution < 1.29 is 22.7 Å². The van der Waals surface area contributed by atoms with Crippen molar-refractivity contribution in [2.75, 3.05) is 11.9 Å². The van der Waals surface area contributed by atoms with E-state index >= 15 is 0 Å². The van der Waals surface area contributed by atoms with Crippen molar-refractivity contribution in [2.45, 2.75) is 50.0 Å². The number of aliphatic hydroxyl groups is 1. The molecule has 0 spiro atoms. The van der Waals surface area contributed by atoms with Crippen molar-refractivity contribution in [1.82, 2.24) is 18.9 Å². The number of aromatic nitrogens is 4. The van der Waals surface area contributed by atoms with Gasteiger partial charge in [-0.15, -0.1) is 0 Å². The first-order chi connectivity index (χ1) is 19.0. The second-order valence-electron chi connectivity index (χ2n) is 10.0. The summed E-state index contributed by atoms with van der Waals surface area (Å²) < 4.78 is 42.8. The van der Waals surface area contributed by atoms with Crippen LogP contribution in [0, 0.1) is 18.2 Å². The van der Waals surface area contributed by atoms with Gasteiger partial charge in [-0.3, -0.25) is 4.79 Å². The van der Waals surface area contributed by atoms with Crippen LogP contribution in [0.25, 0.3) is 22.4 Å². The highest BCUT2D eigenvalue weighted by atomic mass is 35.5. The average Bonchev–Trinajstić information content (AvgIpc) is 3.30. The van der Waals surface area contributed by atoms with Crippen LogP contribution in [0.15, 0.2) is 53.8 Å². The van der Waals surface area contributed by atoms with E-state index < -0.39 is 33.3 Å². The van der Waals surface area contributed by atoms with Gasteiger partial charge in [-0.05, 0) is 44.4 Å². The van der Waals surface area contributed by atoms with Crippen LogP contribution in [-0.2, 0) is 14.8 Å². The summed E-state index contributed by atoms with van der Waals surface area (Å²) >= 11 is 6.19. The van der Waals surface area contributed by atoms with Gasteiger partial charge in [-0.2, -0.15) is 0 Å². The smallest absolute Gasteiger partial charge is 0.269 e. The number of amides is 1. The van der Waals surface area contributed by atoms with E-state index in [1.54, 1.807) is 18.2 Å². The molecule has 3 heterocycles. The number of carbonyl (C=O) groups is 1. The van der Waals surface area contributed by atoms with Gasteiger partial charge in [0.25, 0.3) is 10.0 Å². The number of nitrogens with one attached hydrogen (secondary N) is 1. The highest BCUT2D eigenvalue weighted by Crippen LogP contribution is 2.39. The molecular formula is C27H28ClFN6O4S. The molecule has 1 amide bonds. The van der Waals surface area contributed by atoms with Gasteiger partial charge in [0.2, 0.25) is 5.91 Å². The molecule has 0 aliphatic heterocycles. The number of nitrogens with zero attached hydrogens (tertiary/aromatic N) is 4. The van der Waals surface area contributed by atoms with Crippen LogP contribution in [0.3, 0.4) is 0 Å². The standard InChI is InChI=1S/C27H28ClFN6O4S/c1-16-5-7-18(8-6-16)40(38,39)35-15-20(19-12-17(28)13-33-25(19)35)23-32-14-21(29)24(34-23)31-11-10-27(26(30)37)9-3-2-4-22(27)36/h5-8,12-15,22,36H,2-4,9-11H2,1H3,(H2,30,37)(H,31,32,34). The van der Waals surface area contributed by atoms with E-state index in [1.807, 2.05) is 6.92 Å². The second kappa shape index (κ2) is 10.8. The quantitative estimate of drug-likeness (QED) is 0.280. The van der Waals surface area contributed by atoms with Crippen LogP contribution in [0.2, 0.25) is 5.02 Å². The molecule has 0 saturated heterocycles. The van der Waals surface area contributed by atoms with Gasteiger partial charge in [-0.25, -0.2) is 31.7 Å². The van der Waals surface area contributed by atoms with E-state index in [1.165, 1.54) is 24.5 Å². The molecule has 0 radical (unpaired) electrons. The second-order valence-corrected chi connectivity index (χ2v) is 12.3. The molecule has 4 aromatic rings. The predicted octanol–water partition coefficient (Wildman–Crippen LogP) is 4.04.